The van der Waals surface area contributed by atoms with Crippen molar-refractivity contribution < 1.29 is 54.7 Å². The minimum absolute atomic E-state index is 0.618. The van der Waals surface area contributed by atoms with Gasteiger partial charge < -0.3 is 54.7 Å². The first-order chi connectivity index (χ1) is 11.3. The summed E-state index contributed by atoms with van der Waals surface area (Å²) in [6.07, 6.45) is -14.2. The zero-order valence-corrected chi connectivity index (χ0v) is 13.0. The van der Waals surface area contributed by atoms with Crippen molar-refractivity contribution >= 4 is 0 Å². The predicted molar refractivity (Wildman–Crippen MR) is 73.4 cm³/mol. The van der Waals surface area contributed by atoms with Gasteiger partial charge in [0.15, 0.2) is 12.6 Å². The molecule has 11 nitrogen and oxygen atoms in total. The van der Waals surface area contributed by atoms with E-state index in [0.717, 1.165) is 0 Å². The lowest BCUT2D eigenvalue weighted by Crippen LogP contribution is -2.64. The van der Waals surface area contributed by atoms with Crippen LogP contribution in [-0.2, 0) is 18.9 Å². The first-order valence-corrected chi connectivity index (χ1v) is 7.46. The highest BCUT2D eigenvalue weighted by Crippen LogP contribution is 2.29. The third-order valence-electron chi connectivity index (χ3n) is 4.23. The summed E-state index contributed by atoms with van der Waals surface area (Å²) in [6.45, 7) is -1.26. The summed E-state index contributed by atoms with van der Waals surface area (Å²) in [5, 5.41) is 67.9. The van der Waals surface area contributed by atoms with E-state index < -0.39 is 74.6 Å². The van der Waals surface area contributed by atoms with Crippen molar-refractivity contribution in [2.24, 2.45) is 0 Å². The Morgan fingerprint density at radius 3 is 1.92 bits per heavy atom. The summed E-state index contributed by atoms with van der Waals surface area (Å²) >= 11 is 0. The molecule has 24 heavy (non-hydrogen) atoms. The average Bonchev–Trinajstić information content (AvgIpc) is 2.57. The summed E-state index contributed by atoms with van der Waals surface area (Å²) < 4.78 is 20.6. The van der Waals surface area contributed by atoms with Gasteiger partial charge in [0, 0.05) is 7.11 Å². The topological polar surface area (TPSA) is 179 Å². The van der Waals surface area contributed by atoms with Gasteiger partial charge in [0.25, 0.3) is 0 Å². The lowest BCUT2D eigenvalue weighted by Gasteiger charge is -2.45. The fourth-order valence-corrected chi connectivity index (χ4v) is 2.82. The number of hydrogen-bond donors (Lipinski definition) is 7. The summed E-state index contributed by atoms with van der Waals surface area (Å²) in [4.78, 5) is 0. The van der Waals surface area contributed by atoms with Crippen LogP contribution in [0, 0.1) is 0 Å². The van der Waals surface area contributed by atoms with Crippen molar-refractivity contribution in [3.63, 3.8) is 0 Å². The molecule has 2 fully saturated rings. The Labute approximate surface area is 137 Å². The summed E-state index contributed by atoms with van der Waals surface area (Å²) in [5.74, 6) is 0. The van der Waals surface area contributed by atoms with Gasteiger partial charge in [0.2, 0.25) is 0 Å². The normalized spacial score (nSPS) is 50.0. The van der Waals surface area contributed by atoms with Crippen LogP contribution in [0.25, 0.3) is 0 Å². The molecule has 2 heterocycles. The van der Waals surface area contributed by atoms with Gasteiger partial charge in [0.05, 0.1) is 13.2 Å². The van der Waals surface area contributed by atoms with Crippen LogP contribution in [0.5, 0.6) is 0 Å². The van der Waals surface area contributed by atoms with Crippen LogP contribution in [0.1, 0.15) is 0 Å². The zero-order valence-electron chi connectivity index (χ0n) is 13.0. The number of aliphatic hydroxyl groups excluding tert-OH is 7. The average molecular weight is 356 g/mol. The molecular weight excluding hydrogens is 332 g/mol. The van der Waals surface area contributed by atoms with Crippen LogP contribution in [0.3, 0.4) is 0 Å². The smallest absolute Gasteiger partial charge is 0.187 e. The molecule has 2 saturated heterocycles. The maximum atomic E-state index is 10.3. The predicted octanol–water partition coefficient (Wildman–Crippen LogP) is -4.74. The summed E-state index contributed by atoms with van der Waals surface area (Å²) in [7, 11) is 1.23. The monoisotopic (exact) mass is 356 g/mol. The molecule has 0 amide bonds. The molecule has 2 rings (SSSR count). The number of hydrogen-bond acceptors (Lipinski definition) is 11. The fraction of sp³-hybridized carbons (Fsp3) is 1.00. The Hall–Kier alpha value is -0.440. The standard InChI is InChI=1S/C13H24O11/c1-21-11-9(19)10(5(3-15)22-12(11)20)24-13-8(18)7(17)6(16)4(2-14)23-13/h4-20H,2-3H2,1H3/t4-,5-,6+,7+,8-,9+,10-,11-,12-,13?/m1/s1. The molecule has 0 aromatic heterocycles. The molecule has 142 valence electrons. The van der Waals surface area contributed by atoms with E-state index >= 15 is 0 Å². The van der Waals surface area contributed by atoms with Crippen LogP contribution in [0.2, 0.25) is 0 Å². The van der Waals surface area contributed by atoms with Gasteiger partial charge in [0.1, 0.15) is 48.8 Å². The van der Waals surface area contributed by atoms with Crippen molar-refractivity contribution in [3.05, 3.63) is 0 Å². The molecule has 1 unspecified atom stereocenters. The molecule has 0 radical (unpaired) electrons. The van der Waals surface area contributed by atoms with Gasteiger partial charge in [-0.1, -0.05) is 0 Å². The molecule has 10 atom stereocenters. The molecule has 0 aromatic carbocycles. The van der Waals surface area contributed by atoms with Crippen LogP contribution < -0.4 is 0 Å². The van der Waals surface area contributed by atoms with Crippen molar-refractivity contribution in [1.29, 1.82) is 0 Å². The number of aliphatic hydroxyl groups is 7. The SMILES string of the molecule is CO[C@@H]1[C@@H](O)[C@H](OC2O[C@H](CO)[C@H](O)[C@H](O)[C@H]2O)[C@@H](CO)O[C@H]1O. The molecule has 0 spiro atoms. The van der Waals surface area contributed by atoms with E-state index in [4.69, 9.17) is 24.1 Å². The van der Waals surface area contributed by atoms with Gasteiger partial charge in [-0.3, -0.25) is 0 Å². The molecule has 2 aliphatic rings. The van der Waals surface area contributed by atoms with E-state index in [0.29, 0.717) is 0 Å². The fourth-order valence-electron chi connectivity index (χ4n) is 2.82. The Morgan fingerprint density at radius 2 is 1.38 bits per heavy atom. The Bertz CT molecular complexity index is 394. The molecule has 11 heteroatoms. The minimum atomic E-state index is -1.68. The van der Waals surface area contributed by atoms with Crippen molar-refractivity contribution in [1.82, 2.24) is 0 Å². The van der Waals surface area contributed by atoms with Gasteiger partial charge in [-0.25, -0.2) is 0 Å². The molecular formula is C13H24O11. The second kappa shape index (κ2) is 8.29. The minimum Gasteiger partial charge on any atom is -0.394 e. The number of ether oxygens (including phenoxy) is 4. The Morgan fingerprint density at radius 1 is 0.750 bits per heavy atom. The first kappa shape index (κ1) is 19.9. The van der Waals surface area contributed by atoms with Gasteiger partial charge in [-0.2, -0.15) is 0 Å². The van der Waals surface area contributed by atoms with Crippen molar-refractivity contribution in [2.45, 2.75) is 61.4 Å². The molecule has 2 aliphatic heterocycles. The maximum Gasteiger partial charge on any atom is 0.187 e. The van der Waals surface area contributed by atoms with Gasteiger partial charge in [-0.15, -0.1) is 0 Å². The zero-order chi connectivity index (χ0) is 18.0. The van der Waals surface area contributed by atoms with Crippen LogP contribution >= 0.6 is 0 Å². The van der Waals surface area contributed by atoms with Crippen LogP contribution in [-0.4, -0.2) is 117 Å². The van der Waals surface area contributed by atoms with Crippen molar-refractivity contribution in [3.8, 4) is 0 Å². The van der Waals surface area contributed by atoms with E-state index in [1.54, 1.807) is 0 Å². The third kappa shape index (κ3) is 3.71. The first-order valence-electron chi connectivity index (χ1n) is 7.46. The molecule has 0 saturated carbocycles. The van der Waals surface area contributed by atoms with E-state index in [2.05, 4.69) is 0 Å². The second-order valence-electron chi connectivity index (χ2n) is 5.74. The quantitative estimate of drug-likeness (QED) is 0.251. The van der Waals surface area contributed by atoms with Crippen molar-refractivity contribution in [2.75, 3.05) is 20.3 Å². The lowest BCUT2D eigenvalue weighted by molar-refractivity contribution is -0.356. The largest absolute Gasteiger partial charge is 0.394 e. The molecule has 7 N–H and O–H groups in total. The number of methoxy groups -OCH3 is 1. The highest BCUT2D eigenvalue weighted by atomic mass is 16.7. The number of rotatable bonds is 5. The summed E-state index contributed by atoms with van der Waals surface area (Å²) in [6, 6.07) is 0. The second-order valence-corrected chi connectivity index (χ2v) is 5.74. The van der Waals surface area contributed by atoms with Crippen LogP contribution in [0.4, 0.5) is 0 Å². The maximum absolute atomic E-state index is 10.3. The van der Waals surface area contributed by atoms with Gasteiger partial charge in [-0.05, 0) is 0 Å². The molecule has 0 aromatic rings. The Kier molecular flexibility index (Phi) is 6.87. The third-order valence-corrected chi connectivity index (χ3v) is 4.23. The van der Waals surface area contributed by atoms with Gasteiger partial charge >= 0.3 is 0 Å². The lowest BCUT2D eigenvalue weighted by atomic mass is 9.97. The van der Waals surface area contributed by atoms with E-state index in [1.165, 1.54) is 7.11 Å². The highest BCUT2D eigenvalue weighted by molar-refractivity contribution is 4.94. The van der Waals surface area contributed by atoms with E-state index in [-0.39, 0.29) is 0 Å². The van der Waals surface area contributed by atoms with E-state index in [9.17, 15) is 30.6 Å². The molecule has 0 aliphatic carbocycles. The van der Waals surface area contributed by atoms with E-state index in [1.807, 2.05) is 0 Å². The van der Waals surface area contributed by atoms with Crippen LogP contribution in [0.15, 0.2) is 0 Å². The molecule has 0 bridgehead atoms. The highest BCUT2D eigenvalue weighted by Gasteiger charge is 2.50. The summed E-state index contributed by atoms with van der Waals surface area (Å²) in [5.41, 5.74) is 0. The Balaban J connectivity index is 2.14.